The van der Waals surface area contributed by atoms with Crippen molar-refractivity contribution in [3.8, 4) is 0 Å². The van der Waals surface area contributed by atoms with Crippen LogP contribution >= 0.6 is 24.2 Å². The third kappa shape index (κ3) is 14.6. The van der Waals surface area contributed by atoms with E-state index in [0.717, 1.165) is 38.7 Å². The van der Waals surface area contributed by atoms with Crippen molar-refractivity contribution in [2.75, 3.05) is 23.9 Å². The molecule has 0 aliphatic rings. The number of aliphatic carboxylic acids is 2. The minimum Gasteiger partial charge on any atom is -0.480 e. The molecule has 47 heavy (non-hydrogen) atoms. The number of nitrogens with one attached hydrogen (secondary N) is 4. The highest BCUT2D eigenvalue weighted by molar-refractivity contribution is 7.98. The monoisotopic (exact) mass is 688 g/mol. The minimum absolute atomic E-state index is 0. The Morgan fingerprint density at radius 1 is 0.915 bits per heavy atom. The highest BCUT2D eigenvalue weighted by Gasteiger charge is 2.17. The van der Waals surface area contributed by atoms with Gasteiger partial charge in [-0.05, 0) is 65.8 Å². The van der Waals surface area contributed by atoms with Crippen LogP contribution in [-0.4, -0.2) is 75.7 Å². The van der Waals surface area contributed by atoms with Crippen molar-refractivity contribution in [3.63, 3.8) is 0 Å². The quantitative estimate of drug-likeness (QED) is 0.0523. The summed E-state index contributed by atoms with van der Waals surface area (Å²) >= 11 is 1.66. The SMILES string of the molecule is CSCCC(N)C(N)=O.Cl.N=C(N)NCCCC(Nc1ccc2ccccc2c1)C(=O)O.NC(Cc1c[nH]c2ccccc12)C(=O)O. The van der Waals surface area contributed by atoms with Gasteiger partial charge in [-0.1, -0.05) is 48.5 Å². The fourth-order valence-electron chi connectivity index (χ4n) is 4.28. The first kappa shape index (κ1) is 40.5. The maximum Gasteiger partial charge on any atom is 0.326 e. The van der Waals surface area contributed by atoms with Gasteiger partial charge in [-0.3, -0.25) is 15.0 Å². The second-order valence-corrected chi connectivity index (χ2v) is 11.4. The van der Waals surface area contributed by atoms with Crippen LogP contribution in [0.1, 0.15) is 24.8 Å². The van der Waals surface area contributed by atoms with E-state index in [0.29, 0.717) is 32.2 Å². The molecular weight excluding hydrogens is 644 g/mol. The first-order valence-electron chi connectivity index (χ1n) is 14.6. The fraction of sp³-hybridized carbons (Fsp3) is 0.312. The number of nitrogens with two attached hydrogens (primary N) is 4. The van der Waals surface area contributed by atoms with Gasteiger partial charge in [0, 0.05) is 35.8 Å². The molecule has 0 radical (unpaired) electrons. The Bertz CT molecular complexity index is 1590. The number of hydrogen-bond acceptors (Lipinski definition) is 8. The van der Waals surface area contributed by atoms with Gasteiger partial charge < -0.3 is 48.8 Å². The number of thioether (sulfide) groups is 1. The number of anilines is 1. The van der Waals surface area contributed by atoms with Gasteiger partial charge in [-0.2, -0.15) is 11.8 Å². The smallest absolute Gasteiger partial charge is 0.326 e. The highest BCUT2D eigenvalue weighted by Crippen LogP contribution is 2.20. The number of primary amides is 1. The summed E-state index contributed by atoms with van der Waals surface area (Å²) in [4.78, 5) is 35.3. The Hall–Kier alpha value is -4.50. The van der Waals surface area contributed by atoms with E-state index in [1.54, 1.807) is 11.8 Å². The molecule has 13 nitrogen and oxygen atoms in total. The highest BCUT2D eigenvalue weighted by atomic mass is 35.5. The normalized spacial score (nSPS) is 12.1. The molecule has 1 aromatic heterocycles. The molecule has 3 unspecified atom stereocenters. The number of carbonyl (C=O) groups is 3. The first-order chi connectivity index (χ1) is 21.9. The Balaban J connectivity index is 0.000000383. The van der Waals surface area contributed by atoms with Crippen LogP contribution in [0.5, 0.6) is 0 Å². The van der Waals surface area contributed by atoms with Gasteiger partial charge >= 0.3 is 11.9 Å². The largest absolute Gasteiger partial charge is 0.480 e. The number of rotatable bonds is 14. The van der Waals surface area contributed by atoms with E-state index >= 15 is 0 Å². The van der Waals surface area contributed by atoms with E-state index in [9.17, 15) is 19.5 Å². The number of para-hydroxylation sites is 1. The van der Waals surface area contributed by atoms with Crippen molar-refractivity contribution in [2.45, 2.75) is 43.8 Å². The summed E-state index contributed by atoms with van der Waals surface area (Å²) in [6.45, 7) is 0.485. The molecule has 15 heteroatoms. The fourth-order valence-corrected chi connectivity index (χ4v) is 4.77. The topological polar surface area (TPSA) is 259 Å². The molecule has 0 spiro atoms. The summed E-state index contributed by atoms with van der Waals surface area (Å²) < 4.78 is 0. The molecule has 1 heterocycles. The lowest BCUT2D eigenvalue weighted by Gasteiger charge is -2.16. The summed E-state index contributed by atoms with van der Waals surface area (Å²) in [6, 6.07) is 19.5. The molecule has 256 valence electrons. The van der Waals surface area contributed by atoms with Crippen LogP contribution in [0.4, 0.5) is 5.69 Å². The Morgan fingerprint density at radius 2 is 1.57 bits per heavy atom. The zero-order valence-corrected chi connectivity index (χ0v) is 27.8. The number of amides is 1. The van der Waals surface area contributed by atoms with Crippen LogP contribution in [0, 0.1) is 5.41 Å². The lowest BCUT2D eigenvalue weighted by atomic mass is 10.1. The van der Waals surface area contributed by atoms with E-state index in [4.69, 9.17) is 33.5 Å². The first-order valence-corrected chi connectivity index (χ1v) is 16.0. The summed E-state index contributed by atoms with van der Waals surface area (Å²) in [5.41, 5.74) is 23.6. The predicted octanol–water partition coefficient (Wildman–Crippen LogP) is 3.06. The summed E-state index contributed by atoms with van der Waals surface area (Å²) in [7, 11) is 0. The Labute approximate surface area is 284 Å². The number of aromatic nitrogens is 1. The van der Waals surface area contributed by atoms with Gasteiger partial charge in [0.25, 0.3) is 0 Å². The summed E-state index contributed by atoms with van der Waals surface area (Å²) in [6.07, 6.45) is 5.86. The maximum atomic E-state index is 11.3. The van der Waals surface area contributed by atoms with E-state index in [-0.39, 0.29) is 18.4 Å². The van der Waals surface area contributed by atoms with Crippen molar-refractivity contribution >= 4 is 75.3 Å². The van der Waals surface area contributed by atoms with Crippen LogP contribution in [0.25, 0.3) is 21.7 Å². The van der Waals surface area contributed by atoms with Crippen molar-refractivity contribution < 1.29 is 24.6 Å². The molecule has 0 fully saturated rings. The van der Waals surface area contributed by atoms with E-state index < -0.39 is 36.0 Å². The van der Waals surface area contributed by atoms with Crippen LogP contribution in [0.3, 0.4) is 0 Å². The molecule has 0 aliphatic carbocycles. The molecule has 1 amide bonds. The third-order valence-electron chi connectivity index (χ3n) is 6.80. The van der Waals surface area contributed by atoms with Crippen molar-refractivity contribution in [3.05, 3.63) is 78.5 Å². The molecule has 0 saturated heterocycles. The van der Waals surface area contributed by atoms with E-state index in [1.165, 1.54) is 0 Å². The molecule has 0 saturated carbocycles. The van der Waals surface area contributed by atoms with Gasteiger partial charge in [0.15, 0.2) is 5.96 Å². The van der Waals surface area contributed by atoms with Crippen molar-refractivity contribution in [2.24, 2.45) is 22.9 Å². The molecule has 3 atom stereocenters. The van der Waals surface area contributed by atoms with E-state index in [2.05, 4.69) is 15.6 Å². The average molecular weight is 689 g/mol. The zero-order valence-electron chi connectivity index (χ0n) is 26.1. The number of fused-ring (bicyclic) bond motifs is 2. The number of benzene rings is 3. The van der Waals surface area contributed by atoms with Crippen LogP contribution in [0.2, 0.25) is 0 Å². The van der Waals surface area contributed by atoms with Gasteiger partial charge in [0.1, 0.15) is 12.1 Å². The number of carboxylic acid groups (broad SMARTS) is 2. The van der Waals surface area contributed by atoms with Crippen molar-refractivity contribution in [1.29, 1.82) is 5.41 Å². The lowest BCUT2D eigenvalue weighted by Crippen LogP contribution is -2.36. The zero-order chi connectivity index (χ0) is 34.1. The molecule has 3 aromatic carbocycles. The molecule has 0 bridgehead atoms. The Morgan fingerprint density at radius 3 is 2.19 bits per heavy atom. The number of halogens is 1. The Kier molecular flexibility index (Phi) is 18.4. The van der Waals surface area contributed by atoms with Crippen LogP contribution < -0.4 is 33.6 Å². The lowest BCUT2D eigenvalue weighted by molar-refractivity contribution is -0.139. The maximum absolute atomic E-state index is 11.3. The molecule has 4 aromatic rings. The number of carbonyl (C=O) groups excluding carboxylic acids is 1. The van der Waals surface area contributed by atoms with E-state index in [1.807, 2.05) is 79.2 Å². The molecule has 14 N–H and O–H groups in total. The molecule has 4 rings (SSSR count). The van der Waals surface area contributed by atoms with Gasteiger partial charge in [0.05, 0.1) is 6.04 Å². The van der Waals surface area contributed by atoms with Gasteiger partial charge in [0.2, 0.25) is 5.91 Å². The number of guanidine groups is 1. The number of hydrogen-bond donors (Lipinski definition) is 10. The van der Waals surface area contributed by atoms with Crippen LogP contribution in [-0.2, 0) is 20.8 Å². The third-order valence-corrected chi connectivity index (χ3v) is 7.45. The van der Waals surface area contributed by atoms with Gasteiger partial charge in [-0.15, -0.1) is 12.4 Å². The summed E-state index contributed by atoms with van der Waals surface area (Å²) in [5.74, 6) is -1.49. The average Bonchev–Trinajstić information content (AvgIpc) is 3.44. The van der Waals surface area contributed by atoms with Crippen LogP contribution in [0.15, 0.2) is 72.9 Å². The molecular formula is C32H45ClN8O5S. The standard InChI is InChI=1S/C16H20N4O2.C11H12N2O2.C5H12N2OS.ClH/c17-16(18)19-9-3-6-14(15(21)22)20-13-8-7-11-4-1-2-5-12(11)10-13;12-9(11(14)15)5-7-6-13-10-4-2-1-3-8(7)10;1-9-3-2-4(6)5(7)8;/h1-2,4-5,7-8,10,14,20H,3,6,9H2,(H,21,22)(H4,17,18,19);1-4,6,9,13H,5,12H2,(H,14,15);4H,2-3,6H2,1H3,(H2,7,8);1H. The number of H-pyrrole nitrogens is 1. The second-order valence-electron chi connectivity index (χ2n) is 10.4. The number of carboxylic acids is 2. The second kappa shape index (κ2) is 21.3. The number of aromatic amines is 1. The molecule has 0 aliphatic heterocycles. The predicted molar refractivity (Wildman–Crippen MR) is 193 cm³/mol. The van der Waals surface area contributed by atoms with Crippen molar-refractivity contribution in [1.82, 2.24) is 10.3 Å². The van der Waals surface area contributed by atoms with Gasteiger partial charge in [-0.25, -0.2) is 4.79 Å². The summed E-state index contributed by atoms with van der Waals surface area (Å²) in [5, 5.41) is 34.0. The minimum atomic E-state index is -0.972.